The molecule has 0 fully saturated rings. The van der Waals surface area contributed by atoms with E-state index in [1.807, 2.05) is 50.1 Å². The van der Waals surface area contributed by atoms with Gasteiger partial charge in [-0.25, -0.2) is 8.42 Å². The zero-order valence-electron chi connectivity index (χ0n) is 18.8. The Balaban J connectivity index is 1.69. The minimum atomic E-state index is -4.17. The molecule has 0 bridgehead atoms. The van der Waals surface area contributed by atoms with Crippen molar-refractivity contribution in [2.45, 2.75) is 24.2 Å². The fourth-order valence-corrected chi connectivity index (χ4v) is 5.33. The van der Waals surface area contributed by atoms with Crippen LogP contribution in [0, 0.1) is 10.1 Å². The molecule has 1 aliphatic rings. The Hall–Kier alpha value is -3.98. The number of nitrogens with zero attached hydrogens (tertiary/aromatic N) is 2. The van der Waals surface area contributed by atoms with Gasteiger partial charge < -0.3 is 4.90 Å². The second-order valence-electron chi connectivity index (χ2n) is 8.50. The number of ketones is 1. The summed E-state index contributed by atoms with van der Waals surface area (Å²) in [6, 6.07) is 18.9. The van der Waals surface area contributed by atoms with Crippen molar-refractivity contribution in [3.8, 4) is 0 Å². The summed E-state index contributed by atoms with van der Waals surface area (Å²) in [6.07, 6.45) is 1.53. The van der Waals surface area contributed by atoms with Gasteiger partial charge in [-0.3, -0.25) is 19.6 Å². The highest BCUT2D eigenvalue weighted by atomic mass is 32.2. The third-order valence-corrected chi connectivity index (χ3v) is 7.35. The van der Waals surface area contributed by atoms with E-state index in [2.05, 4.69) is 4.72 Å². The highest BCUT2D eigenvalue weighted by Crippen LogP contribution is 2.46. The number of anilines is 2. The van der Waals surface area contributed by atoms with E-state index in [4.69, 9.17) is 0 Å². The van der Waals surface area contributed by atoms with Gasteiger partial charge in [0.25, 0.3) is 15.7 Å². The van der Waals surface area contributed by atoms with Gasteiger partial charge in [-0.05, 0) is 29.8 Å². The molecule has 1 heterocycles. The number of rotatable bonds is 6. The first-order chi connectivity index (χ1) is 16.0. The molecule has 174 valence electrons. The molecular weight excluding hydrogens is 454 g/mol. The van der Waals surface area contributed by atoms with Gasteiger partial charge in [0.1, 0.15) is 0 Å². The monoisotopic (exact) mass is 477 g/mol. The summed E-state index contributed by atoms with van der Waals surface area (Å²) in [5.74, 6) is -0.361. The Kier molecular flexibility index (Phi) is 5.74. The zero-order valence-corrected chi connectivity index (χ0v) is 19.7. The fourth-order valence-electron chi connectivity index (χ4n) is 4.22. The number of non-ortho nitro benzene ring substituents is 1. The number of benzene rings is 3. The number of fused-ring (bicyclic) bond motifs is 1. The van der Waals surface area contributed by atoms with E-state index in [9.17, 15) is 23.3 Å². The second-order valence-corrected chi connectivity index (χ2v) is 10.2. The summed E-state index contributed by atoms with van der Waals surface area (Å²) < 4.78 is 28.3. The van der Waals surface area contributed by atoms with Crippen molar-refractivity contribution in [3.05, 3.63) is 106 Å². The Labute approximate surface area is 197 Å². The van der Waals surface area contributed by atoms with E-state index >= 15 is 0 Å². The lowest BCUT2D eigenvalue weighted by atomic mass is 9.83. The van der Waals surface area contributed by atoms with Crippen LogP contribution in [-0.2, 0) is 15.4 Å². The van der Waals surface area contributed by atoms with Gasteiger partial charge in [0.05, 0.1) is 15.5 Å². The van der Waals surface area contributed by atoms with Crippen LogP contribution in [-0.4, -0.2) is 26.2 Å². The maximum absolute atomic E-state index is 13.3. The zero-order chi connectivity index (χ0) is 24.7. The third-order valence-electron chi connectivity index (χ3n) is 5.98. The number of nitro groups is 1. The van der Waals surface area contributed by atoms with Crippen molar-refractivity contribution in [1.82, 2.24) is 0 Å². The lowest BCUT2D eigenvalue weighted by molar-refractivity contribution is -0.385. The minimum Gasteiger partial charge on any atom is -0.347 e. The SMILES string of the molecule is CN1/C(=C\C(=O)c2ccccc2NS(=O)(=O)c2cccc([N+](=O)[O-])c2)C(C)(C)c2ccccc21. The number of para-hydroxylation sites is 2. The summed E-state index contributed by atoms with van der Waals surface area (Å²) in [5, 5.41) is 11.0. The number of allylic oxidation sites excluding steroid dienone is 2. The van der Waals surface area contributed by atoms with Crippen LogP contribution in [0.25, 0.3) is 0 Å². The van der Waals surface area contributed by atoms with Gasteiger partial charge in [-0.15, -0.1) is 0 Å². The normalized spacial score (nSPS) is 15.7. The average molecular weight is 478 g/mol. The molecule has 0 spiro atoms. The maximum Gasteiger partial charge on any atom is 0.270 e. The Morgan fingerprint density at radius 2 is 1.71 bits per heavy atom. The predicted molar refractivity (Wildman–Crippen MR) is 131 cm³/mol. The van der Waals surface area contributed by atoms with Gasteiger partial charge in [0, 0.05) is 47.6 Å². The highest BCUT2D eigenvalue weighted by Gasteiger charge is 2.38. The average Bonchev–Trinajstić information content (AvgIpc) is 3.00. The van der Waals surface area contributed by atoms with Crippen LogP contribution >= 0.6 is 0 Å². The van der Waals surface area contributed by atoms with Gasteiger partial charge in [-0.2, -0.15) is 0 Å². The van der Waals surface area contributed by atoms with Crippen molar-refractivity contribution < 1.29 is 18.1 Å². The van der Waals surface area contributed by atoms with Gasteiger partial charge >= 0.3 is 0 Å². The standard InChI is InChI=1S/C25H23N3O5S/c1-25(2)20-12-5-7-14-22(20)27(3)24(25)16-23(29)19-11-4-6-13-21(19)26-34(32,33)18-10-8-9-17(15-18)28(30)31/h4-16,26H,1-3H3/b24-16-. The molecule has 34 heavy (non-hydrogen) atoms. The molecule has 3 aromatic rings. The lowest BCUT2D eigenvalue weighted by Crippen LogP contribution is -2.24. The van der Waals surface area contributed by atoms with E-state index in [-0.39, 0.29) is 27.6 Å². The first-order valence-electron chi connectivity index (χ1n) is 10.5. The molecule has 0 aliphatic carbocycles. The maximum atomic E-state index is 13.3. The molecule has 0 unspecified atom stereocenters. The number of carbonyl (C=O) groups is 1. The van der Waals surface area contributed by atoms with Crippen LogP contribution in [0.4, 0.5) is 17.1 Å². The predicted octanol–water partition coefficient (Wildman–Crippen LogP) is 4.89. The second kappa shape index (κ2) is 8.42. The Morgan fingerprint density at radius 3 is 2.41 bits per heavy atom. The molecular formula is C25H23N3O5S. The Bertz CT molecular complexity index is 1440. The van der Waals surface area contributed by atoms with Crippen LogP contribution in [0.1, 0.15) is 29.8 Å². The van der Waals surface area contributed by atoms with E-state index in [1.54, 1.807) is 18.2 Å². The lowest BCUT2D eigenvalue weighted by Gasteiger charge is -2.24. The molecule has 8 nitrogen and oxygen atoms in total. The van der Waals surface area contributed by atoms with Crippen LogP contribution in [0.2, 0.25) is 0 Å². The molecule has 0 saturated carbocycles. The van der Waals surface area contributed by atoms with Crippen LogP contribution in [0.15, 0.2) is 89.5 Å². The summed E-state index contributed by atoms with van der Waals surface area (Å²) in [6.45, 7) is 4.07. The van der Waals surface area contributed by atoms with Gasteiger partial charge in [0.15, 0.2) is 5.78 Å². The minimum absolute atomic E-state index is 0.0897. The number of carbonyl (C=O) groups excluding carboxylic acids is 1. The number of nitrogens with one attached hydrogen (secondary N) is 1. The molecule has 1 N–H and O–H groups in total. The molecule has 0 amide bonds. The van der Waals surface area contributed by atoms with E-state index in [1.165, 1.54) is 30.3 Å². The van der Waals surface area contributed by atoms with Crippen molar-refractivity contribution in [2.75, 3.05) is 16.7 Å². The number of hydrogen-bond acceptors (Lipinski definition) is 6. The summed E-state index contributed by atoms with van der Waals surface area (Å²) in [4.78, 5) is 25.4. The van der Waals surface area contributed by atoms with Crippen molar-refractivity contribution in [1.29, 1.82) is 0 Å². The number of likely N-dealkylation sites (N-methyl/N-ethyl adjacent to an activating group) is 1. The molecule has 4 rings (SSSR count). The van der Waals surface area contributed by atoms with Gasteiger partial charge in [0.2, 0.25) is 0 Å². The van der Waals surface area contributed by atoms with Crippen LogP contribution < -0.4 is 9.62 Å². The molecule has 0 atom stereocenters. The Morgan fingerprint density at radius 1 is 1.03 bits per heavy atom. The molecule has 9 heteroatoms. The summed E-state index contributed by atoms with van der Waals surface area (Å²) in [5.41, 5.74) is 2.38. The molecule has 0 radical (unpaired) electrons. The van der Waals surface area contributed by atoms with Crippen molar-refractivity contribution >= 4 is 32.9 Å². The summed E-state index contributed by atoms with van der Waals surface area (Å²) >= 11 is 0. The molecule has 0 saturated heterocycles. The largest absolute Gasteiger partial charge is 0.347 e. The smallest absolute Gasteiger partial charge is 0.270 e. The number of sulfonamides is 1. The van der Waals surface area contributed by atoms with Crippen LogP contribution in [0.3, 0.4) is 0 Å². The van der Waals surface area contributed by atoms with E-state index in [0.29, 0.717) is 0 Å². The quantitative estimate of drug-likeness (QED) is 0.234. The first kappa shape index (κ1) is 23.2. The number of nitro benzene ring substituents is 1. The van der Waals surface area contributed by atoms with Gasteiger partial charge in [-0.1, -0.05) is 50.2 Å². The molecule has 1 aliphatic heterocycles. The van der Waals surface area contributed by atoms with E-state index in [0.717, 1.165) is 23.0 Å². The molecule has 0 aromatic heterocycles. The van der Waals surface area contributed by atoms with Crippen LogP contribution in [0.5, 0.6) is 0 Å². The molecule has 3 aromatic carbocycles. The summed E-state index contributed by atoms with van der Waals surface area (Å²) in [7, 11) is -2.28. The third kappa shape index (κ3) is 4.06. The number of hydrogen-bond donors (Lipinski definition) is 1. The topological polar surface area (TPSA) is 110 Å². The van der Waals surface area contributed by atoms with E-state index < -0.39 is 20.4 Å². The first-order valence-corrected chi connectivity index (χ1v) is 12.0. The highest BCUT2D eigenvalue weighted by molar-refractivity contribution is 7.92. The van der Waals surface area contributed by atoms with Crippen molar-refractivity contribution in [3.63, 3.8) is 0 Å². The fraction of sp³-hybridized carbons (Fsp3) is 0.160. The van der Waals surface area contributed by atoms with Crippen molar-refractivity contribution in [2.24, 2.45) is 0 Å².